The lowest BCUT2D eigenvalue weighted by Crippen LogP contribution is -2.14. The summed E-state index contributed by atoms with van der Waals surface area (Å²) in [6, 6.07) is 5.25. The van der Waals surface area contributed by atoms with Gasteiger partial charge in [-0.2, -0.15) is 0 Å². The zero-order valence-corrected chi connectivity index (χ0v) is 16.6. The van der Waals surface area contributed by atoms with E-state index >= 15 is 0 Å². The lowest BCUT2D eigenvalue weighted by atomic mass is 10.2. The van der Waals surface area contributed by atoms with Gasteiger partial charge in [0.25, 0.3) is 0 Å². The largest absolute Gasteiger partial charge is 0.497 e. The highest BCUT2D eigenvalue weighted by molar-refractivity contribution is 8.00. The molecule has 136 valence electrons. The molecule has 0 aliphatic heterocycles. The fraction of sp³-hybridized carbons (Fsp3) is 0.278. The molecular formula is C18H19N3O3S2. The van der Waals surface area contributed by atoms with Crippen LogP contribution in [0.1, 0.15) is 10.4 Å². The SMILES string of the molecule is COc1cc(NC(=O)CSc2ncnc3sc(C)c(C)c23)cc(OC)c1. The predicted octanol–water partition coefficient (Wildman–Crippen LogP) is 4.06. The number of benzene rings is 1. The highest BCUT2D eigenvalue weighted by Crippen LogP contribution is 2.34. The van der Waals surface area contributed by atoms with Gasteiger partial charge in [0, 0.05) is 34.1 Å². The number of hydrogen-bond donors (Lipinski definition) is 1. The van der Waals surface area contributed by atoms with E-state index < -0.39 is 0 Å². The quantitative estimate of drug-likeness (QED) is 0.506. The molecule has 0 bridgehead atoms. The topological polar surface area (TPSA) is 73.3 Å². The van der Waals surface area contributed by atoms with E-state index in [2.05, 4.69) is 29.1 Å². The third-order valence-corrected chi connectivity index (χ3v) is 6.01. The molecule has 0 saturated heterocycles. The molecule has 3 rings (SSSR count). The molecule has 6 nitrogen and oxygen atoms in total. The Morgan fingerprint density at radius 1 is 1.15 bits per heavy atom. The smallest absolute Gasteiger partial charge is 0.234 e. The Hall–Kier alpha value is -2.32. The number of fused-ring (bicyclic) bond motifs is 1. The first kappa shape index (κ1) is 18.5. The molecule has 2 aromatic heterocycles. The maximum absolute atomic E-state index is 12.4. The second kappa shape index (κ2) is 7.92. The van der Waals surface area contributed by atoms with E-state index in [0.29, 0.717) is 17.2 Å². The van der Waals surface area contributed by atoms with Gasteiger partial charge in [0.15, 0.2) is 0 Å². The summed E-state index contributed by atoms with van der Waals surface area (Å²) in [6.07, 6.45) is 1.55. The molecule has 1 aromatic carbocycles. The Morgan fingerprint density at radius 2 is 1.85 bits per heavy atom. The molecule has 0 saturated carbocycles. The van der Waals surface area contributed by atoms with Crippen LogP contribution in [-0.4, -0.2) is 35.8 Å². The van der Waals surface area contributed by atoms with E-state index in [-0.39, 0.29) is 11.7 Å². The third kappa shape index (κ3) is 3.91. The summed E-state index contributed by atoms with van der Waals surface area (Å²) >= 11 is 3.05. The van der Waals surface area contributed by atoms with Crippen molar-refractivity contribution in [3.63, 3.8) is 0 Å². The van der Waals surface area contributed by atoms with Crippen molar-refractivity contribution in [2.24, 2.45) is 0 Å². The molecule has 26 heavy (non-hydrogen) atoms. The van der Waals surface area contributed by atoms with Crippen molar-refractivity contribution in [3.8, 4) is 11.5 Å². The number of hydrogen-bond acceptors (Lipinski definition) is 7. The van der Waals surface area contributed by atoms with Crippen molar-refractivity contribution >= 4 is 44.9 Å². The van der Waals surface area contributed by atoms with E-state index in [1.807, 2.05) is 0 Å². The Kier molecular flexibility index (Phi) is 5.63. The first-order valence-corrected chi connectivity index (χ1v) is 9.68. The Morgan fingerprint density at radius 3 is 2.50 bits per heavy atom. The van der Waals surface area contributed by atoms with Crippen molar-refractivity contribution in [1.29, 1.82) is 0 Å². The summed E-state index contributed by atoms with van der Waals surface area (Å²) in [4.78, 5) is 23.2. The third-order valence-electron chi connectivity index (χ3n) is 3.91. The molecule has 0 radical (unpaired) electrons. The van der Waals surface area contributed by atoms with E-state index in [4.69, 9.17) is 9.47 Å². The molecular weight excluding hydrogens is 370 g/mol. The van der Waals surface area contributed by atoms with Crippen molar-refractivity contribution in [2.45, 2.75) is 18.9 Å². The van der Waals surface area contributed by atoms with E-state index in [9.17, 15) is 4.79 Å². The number of aromatic nitrogens is 2. The summed E-state index contributed by atoms with van der Waals surface area (Å²) in [6.45, 7) is 4.13. The second-order valence-electron chi connectivity index (χ2n) is 5.58. The molecule has 1 amide bonds. The van der Waals surface area contributed by atoms with Crippen molar-refractivity contribution in [2.75, 3.05) is 25.3 Å². The van der Waals surface area contributed by atoms with Gasteiger partial charge in [0.05, 0.1) is 20.0 Å². The number of carbonyl (C=O) groups is 1. The van der Waals surface area contributed by atoms with E-state index in [0.717, 1.165) is 15.2 Å². The van der Waals surface area contributed by atoms with Crippen molar-refractivity contribution in [3.05, 3.63) is 35.0 Å². The number of carbonyl (C=O) groups excluding carboxylic acids is 1. The molecule has 0 unspecified atom stereocenters. The average Bonchev–Trinajstić information content (AvgIpc) is 2.94. The lowest BCUT2D eigenvalue weighted by molar-refractivity contribution is -0.113. The van der Waals surface area contributed by atoms with Crippen LogP contribution in [0.15, 0.2) is 29.6 Å². The predicted molar refractivity (Wildman–Crippen MR) is 106 cm³/mol. The molecule has 0 aliphatic rings. The molecule has 3 aromatic rings. The summed E-state index contributed by atoms with van der Waals surface area (Å²) in [5.74, 6) is 1.37. The number of nitrogens with one attached hydrogen (secondary N) is 1. The first-order chi connectivity index (χ1) is 12.5. The maximum atomic E-state index is 12.4. The minimum absolute atomic E-state index is 0.123. The van der Waals surface area contributed by atoms with Crippen LogP contribution in [0.4, 0.5) is 5.69 Å². The number of anilines is 1. The molecule has 0 fully saturated rings. The van der Waals surface area contributed by atoms with Crippen molar-refractivity contribution < 1.29 is 14.3 Å². The van der Waals surface area contributed by atoms with Crippen LogP contribution in [-0.2, 0) is 4.79 Å². The number of ether oxygens (including phenoxy) is 2. The molecule has 2 heterocycles. The van der Waals surface area contributed by atoms with Crippen LogP contribution in [0, 0.1) is 13.8 Å². The van der Waals surface area contributed by atoms with Crippen LogP contribution in [0.3, 0.4) is 0 Å². The monoisotopic (exact) mass is 389 g/mol. The number of rotatable bonds is 6. The minimum Gasteiger partial charge on any atom is -0.497 e. The van der Waals surface area contributed by atoms with Gasteiger partial charge in [-0.05, 0) is 19.4 Å². The van der Waals surface area contributed by atoms with Crippen LogP contribution < -0.4 is 14.8 Å². The van der Waals surface area contributed by atoms with Gasteiger partial charge in [-0.1, -0.05) is 11.8 Å². The van der Waals surface area contributed by atoms with E-state index in [1.165, 1.54) is 22.2 Å². The second-order valence-corrected chi connectivity index (χ2v) is 7.75. The molecule has 1 N–H and O–H groups in total. The molecule has 8 heteroatoms. The van der Waals surface area contributed by atoms with Crippen LogP contribution in [0.5, 0.6) is 11.5 Å². The molecule has 0 atom stereocenters. The number of aryl methyl sites for hydroxylation is 2. The zero-order chi connectivity index (χ0) is 18.7. The highest BCUT2D eigenvalue weighted by atomic mass is 32.2. The van der Waals surface area contributed by atoms with Crippen molar-refractivity contribution in [1.82, 2.24) is 9.97 Å². The molecule has 0 spiro atoms. The Balaban J connectivity index is 1.72. The number of thiophene rings is 1. The van der Waals surface area contributed by atoms with Gasteiger partial charge in [0.1, 0.15) is 27.7 Å². The summed E-state index contributed by atoms with van der Waals surface area (Å²) in [7, 11) is 3.14. The number of methoxy groups -OCH3 is 2. The fourth-order valence-corrected chi connectivity index (χ4v) is 4.39. The summed E-state index contributed by atoms with van der Waals surface area (Å²) < 4.78 is 10.4. The average molecular weight is 390 g/mol. The van der Waals surface area contributed by atoms with Gasteiger partial charge < -0.3 is 14.8 Å². The number of amides is 1. The van der Waals surface area contributed by atoms with Gasteiger partial charge in [-0.25, -0.2) is 9.97 Å². The standard InChI is InChI=1S/C18H19N3O3S2/c1-10-11(2)26-18-16(10)17(19-9-20-18)25-8-15(22)21-12-5-13(23-3)7-14(6-12)24-4/h5-7,9H,8H2,1-4H3,(H,21,22). The minimum atomic E-state index is -0.123. The maximum Gasteiger partial charge on any atom is 0.234 e. The lowest BCUT2D eigenvalue weighted by Gasteiger charge is -2.10. The summed E-state index contributed by atoms with van der Waals surface area (Å²) in [5, 5.41) is 4.74. The van der Waals surface area contributed by atoms with E-state index in [1.54, 1.807) is 50.1 Å². The first-order valence-electron chi connectivity index (χ1n) is 7.88. The Bertz CT molecular complexity index is 934. The van der Waals surface area contributed by atoms with Gasteiger partial charge in [0.2, 0.25) is 5.91 Å². The Labute approximate surface area is 160 Å². The van der Waals surface area contributed by atoms with Crippen LogP contribution in [0.2, 0.25) is 0 Å². The normalized spacial score (nSPS) is 10.8. The molecule has 0 aliphatic carbocycles. The summed E-state index contributed by atoms with van der Waals surface area (Å²) in [5.41, 5.74) is 1.80. The number of thioether (sulfide) groups is 1. The van der Waals surface area contributed by atoms with Gasteiger partial charge in [-0.3, -0.25) is 4.79 Å². The number of nitrogens with zero attached hydrogens (tertiary/aromatic N) is 2. The fourth-order valence-electron chi connectivity index (χ4n) is 2.47. The van der Waals surface area contributed by atoms with Gasteiger partial charge >= 0.3 is 0 Å². The van der Waals surface area contributed by atoms with Crippen LogP contribution >= 0.6 is 23.1 Å². The highest BCUT2D eigenvalue weighted by Gasteiger charge is 2.14. The van der Waals surface area contributed by atoms with Gasteiger partial charge in [-0.15, -0.1) is 11.3 Å². The van der Waals surface area contributed by atoms with Crippen LogP contribution in [0.25, 0.3) is 10.2 Å². The zero-order valence-electron chi connectivity index (χ0n) is 15.0.